The molecule has 114 valence electrons. The molecule has 0 radical (unpaired) electrons. The number of nitrogens with zero attached hydrogens (tertiary/aromatic N) is 2. The van der Waals surface area contributed by atoms with E-state index in [4.69, 9.17) is 5.26 Å². The highest BCUT2D eigenvalue weighted by Gasteiger charge is 2.06. The number of hydrogen-bond acceptors (Lipinski definition) is 3. The third kappa shape index (κ3) is 3.55. The van der Waals surface area contributed by atoms with Crippen LogP contribution in [0.2, 0.25) is 0 Å². The highest BCUT2D eigenvalue weighted by Crippen LogP contribution is 2.10. The van der Waals surface area contributed by atoms with Gasteiger partial charge in [0.15, 0.2) is 0 Å². The Bertz CT molecular complexity index is 826. The van der Waals surface area contributed by atoms with Crippen LogP contribution in [0.4, 0.5) is 0 Å². The number of amides is 1. The Hall–Kier alpha value is -3.13. The molecule has 0 saturated carbocycles. The van der Waals surface area contributed by atoms with Gasteiger partial charge in [-0.05, 0) is 29.8 Å². The van der Waals surface area contributed by atoms with E-state index in [9.17, 15) is 4.79 Å². The second-order valence-electron chi connectivity index (χ2n) is 5.24. The molecule has 0 atom stereocenters. The molecule has 0 aliphatic rings. The normalized spacial score (nSPS) is 10.4. The standard InChI is InChI=1S/C18H16N4O/c19-11-9-13-5-7-14(8-6-13)18(23)20-12-10-17-21-15-3-1-2-4-16(15)22-17/h1-8H,9-10,12H2,(H,20,23)(H,21,22). The van der Waals surface area contributed by atoms with E-state index in [1.165, 1.54) is 0 Å². The van der Waals surface area contributed by atoms with Gasteiger partial charge in [0.25, 0.3) is 5.91 Å². The number of rotatable bonds is 5. The first-order chi connectivity index (χ1) is 11.3. The third-order valence-electron chi connectivity index (χ3n) is 3.59. The molecular weight excluding hydrogens is 288 g/mol. The molecule has 1 heterocycles. The van der Waals surface area contributed by atoms with Crippen molar-refractivity contribution >= 4 is 16.9 Å². The quantitative estimate of drug-likeness (QED) is 0.760. The summed E-state index contributed by atoms with van der Waals surface area (Å²) in [5, 5.41) is 11.5. The van der Waals surface area contributed by atoms with E-state index in [0.717, 1.165) is 22.4 Å². The molecular formula is C18H16N4O. The summed E-state index contributed by atoms with van der Waals surface area (Å²) in [6.45, 7) is 0.513. The zero-order valence-corrected chi connectivity index (χ0v) is 12.5. The van der Waals surface area contributed by atoms with Crippen LogP contribution >= 0.6 is 0 Å². The molecule has 5 heteroatoms. The molecule has 1 aromatic heterocycles. The smallest absolute Gasteiger partial charge is 0.251 e. The Morgan fingerprint density at radius 3 is 2.70 bits per heavy atom. The summed E-state index contributed by atoms with van der Waals surface area (Å²) in [4.78, 5) is 19.8. The molecule has 1 amide bonds. The van der Waals surface area contributed by atoms with Gasteiger partial charge in [-0.25, -0.2) is 4.98 Å². The summed E-state index contributed by atoms with van der Waals surface area (Å²) in [6.07, 6.45) is 1.00. The molecule has 0 spiro atoms. The summed E-state index contributed by atoms with van der Waals surface area (Å²) >= 11 is 0. The lowest BCUT2D eigenvalue weighted by atomic mass is 10.1. The Labute approximate surface area is 134 Å². The predicted octanol–water partition coefficient (Wildman–Crippen LogP) is 2.60. The number of aromatic nitrogens is 2. The van der Waals surface area contributed by atoms with E-state index in [2.05, 4.69) is 21.4 Å². The number of hydrogen-bond donors (Lipinski definition) is 2. The van der Waals surface area contributed by atoms with Gasteiger partial charge in [-0.2, -0.15) is 5.26 Å². The van der Waals surface area contributed by atoms with Crippen LogP contribution in [0, 0.1) is 11.3 Å². The molecule has 23 heavy (non-hydrogen) atoms. The maximum absolute atomic E-state index is 12.1. The number of benzene rings is 2. The van der Waals surface area contributed by atoms with Gasteiger partial charge in [0.05, 0.1) is 23.5 Å². The van der Waals surface area contributed by atoms with Gasteiger partial charge in [-0.3, -0.25) is 4.79 Å². The SMILES string of the molecule is N#CCc1ccc(C(=O)NCCc2nc3ccccc3[nH]2)cc1. The maximum Gasteiger partial charge on any atom is 0.251 e. The van der Waals surface area contributed by atoms with E-state index < -0.39 is 0 Å². The van der Waals surface area contributed by atoms with E-state index in [1.54, 1.807) is 24.3 Å². The van der Waals surface area contributed by atoms with E-state index >= 15 is 0 Å². The summed E-state index contributed by atoms with van der Waals surface area (Å²) in [5.74, 6) is 0.737. The number of carbonyl (C=O) groups excluding carboxylic acids is 1. The average Bonchev–Trinajstić information content (AvgIpc) is 2.98. The number of H-pyrrole nitrogens is 1. The third-order valence-corrected chi connectivity index (χ3v) is 3.59. The second-order valence-corrected chi connectivity index (χ2v) is 5.24. The van der Waals surface area contributed by atoms with Gasteiger partial charge in [0, 0.05) is 18.5 Å². The number of imidazole rings is 1. The van der Waals surface area contributed by atoms with Crippen LogP contribution in [0.3, 0.4) is 0 Å². The van der Waals surface area contributed by atoms with Crippen LogP contribution in [-0.2, 0) is 12.8 Å². The summed E-state index contributed by atoms with van der Waals surface area (Å²) in [5.41, 5.74) is 3.44. The van der Waals surface area contributed by atoms with Crippen LogP contribution in [0.5, 0.6) is 0 Å². The largest absolute Gasteiger partial charge is 0.352 e. The summed E-state index contributed by atoms with van der Waals surface area (Å²) < 4.78 is 0. The minimum atomic E-state index is -0.121. The zero-order chi connectivity index (χ0) is 16.1. The highest BCUT2D eigenvalue weighted by molar-refractivity contribution is 5.94. The van der Waals surface area contributed by atoms with Crippen molar-refractivity contribution in [3.05, 3.63) is 65.5 Å². The van der Waals surface area contributed by atoms with E-state index in [1.807, 2.05) is 24.3 Å². The second kappa shape index (κ2) is 6.75. The fourth-order valence-corrected chi connectivity index (χ4v) is 2.39. The lowest BCUT2D eigenvalue weighted by molar-refractivity contribution is 0.0954. The average molecular weight is 304 g/mol. The van der Waals surface area contributed by atoms with Crippen LogP contribution in [0.1, 0.15) is 21.7 Å². The molecule has 0 saturated heterocycles. The molecule has 0 unspecified atom stereocenters. The Morgan fingerprint density at radius 2 is 1.96 bits per heavy atom. The number of aromatic amines is 1. The molecule has 3 aromatic rings. The Balaban J connectivity index is 1.55. The van der Waals surface area contributed by atoms with Crippen LogP contribution < -0.4 is 5.32 Å². The van der Waals surface area contributed by atoms with Crippen LogP contribution in [0.25, 0.3) is 11.0 Å². The van der Waals surface area contributed by atoms with Crippen molar-refractivity contribution in [2.45, 2.75) is 12.8 Å². The topological polar surface area (TPSA) is 81.6 Å². The van der Waals surface area contributed by atoms with Crippen molar-refractivity contribution in [1.29, 1.82) is 5.26 Å². The number of carbonyl (C=O) groups is 1. The van der Waals surface area contributed by atoms with Crippen molar-refractivity contribution in [1.82, 2.24) is 15.3 Å². The van der Waals surface area contributed by atoms with Crippen molar-refractivity contribution in [2.24, 2.45) is 0 Å². The number of para-hydroxylation sites is 2. The van der Waals surface area contributed by atoms with Crippen molar-refractivity contribution < 1.29 is 4.79 Å². The van der Waals surface area contributed by atoms with Crippen LogP contribution in [0.15, 0.2) is 48.5 Å². The minimum absolute atomic E-state index is 0.121. The first-order valence-electron chi connectivity index (χ1n) is 7.44. The van der Waals surface area contributed by atoms with Gasteiger partial charge in [-0.1, -0.05) is 24.3 Å². The van der Waals surface area contributed by atoms with Gasteiger partial charge in [0.2, 0.25) is 0 Å². The molecule has 2 N–H and O–H groups in total. The molecule has 0 fully saturated rings. The lowest BCUT2D eigenvalue weighted by Crippen LogP contribution is -2.25. The Morgan fingerprint density at radius 1 is 1.17 bits per heavy atom. The first kappa shape index (κ1) is 14.8. The van der Waals surface area contributed by atoms with E-state index in [0.29, 0.717) is 24.9 Å². The lowest BCUT2D eigenvalue weighted by Gasteiger charge is -2.04. The summed E-state index contributed by atoms with van der Waals surface area (Å²) in [7, 11) is 0. The van der Waals surface area contributed by atoms with Crippen LogP contribution in [-0.4, -0.2) is 22.4 Å². The fraction of sp³-hybridized carbons (Fsp3) is 0.167. The number of nitriles is 1. The molecule has 3 rings (SSSR count). The van der Waals surface area contributed by atoms with Crippen molar-refractivity contribution in [3.8, 4) is 6.07 Å². The van der Waals surface area contributed by atoms with Gasteiger partial charge in [0.1, 0.15) is 5.82 Å². The molecule has 0 bridgehead atoms. The zero-order valence-electron chi connectivity index (χ0n) is 12.5. The minimum Gasteiger partial charge on any atom is -0.352 e. The molecule has 2 aromatic carbocycles. The summed E-state index contributed by atoms with van der Waals surface area (Å²) in [6, 6.07) is 17.0. The molecule has 0 aliphatic heterocycles. The van der Waals surface area contributed by atoms with Gasteiger partial charge < -0.3 is 10.3 Å². The molecule has 5 nitrogen and oxygen atoms in total. The van der Waals surface area contributed by atoms with Gasteiger partial charge >= 0.3 is 0 Å². The Kier molecular flexibility index (Phi) is 4.34. The molecule has 0 aliphatic carbocycles. The number of fused-ring (bicyclic) bond motifs is 1. The van der Waals surface area contributed by atoms with Gasteiger partial charge in [-0.15, -0.1) is 0 Å². The maximum atomic E-state index is 12.1. The van der Waals surface area contributed by atoms with Crippen molar-refractivity contribution in [2.75, 3.05) is 6.54 Å². The predicted molar refractivity (Wildman–Crippen MR) is 87.9 cm³/mol. The van der Waals surface area contributed by atoms with E-state index in [-0.39, 0.29) is 5.91 Å². The highest BCUT2D eigenvalue weighted by atomic mass is 16.1. The monoisotopic (exact) mass is 304 g/mol. The first-order valence-corrected chi connectivity index (χ1v) is 7.44. The van der Waals surface area contributed by atoms with Crippen molar-refractivity contribution in [3.63, 3.8) is 0 Å². The number of nitrogens with one attached hydrogen (secondary N) is 2. The fourth-order valence-electron chi connectivity index (χ4n) is 2.39.